The van der Waals surface area contributed by atoms with Crippen LogP contribution in [0.5, 0.6) is 0 Å². The Morgan fingerprint density at radius 3 is 2.19 bits per heavy atom. The molecule has 0 saturated heterocycles. The van der Waals surface area contributed by atoms with Gasteiger partial charge in [-0.2, -0.15) is 0 Å². The van der Waals surface area contributed by atoms with Crippen LogP contribution in [-0.4, -0.2) is 23.7 Å². The number of imide groups is 1. The average Bonchev–Trinajstić information content (AvgIpc) is 2.34. The number of carbonyl (C=O) groups is 2. The van der Waals surface area contributed by atoms with Gasteiger partial charge in [-0.1, -0.05) is 32.9 Å². The van der Waals surface area contributed by atoms with E-state index in [1.54, 1.807) is 0 Å². The van der Waals surface area contributed by atoms with Gasteiger partial charge < -0.3 is 5.32 Å². The maximum Gasteiger partial charge on any atom is 0.321 e. The predicted octanol–water partition coefficient (Wildman–Crippen LogP) is 3.31. The number of hydrogen-bond acceptors (Lipinski definition) is 3. The highest BCUT2D eigenvalue weighted by atomic mass is 32.2. The third-order valence-electron chi connectivity index (χ3n) is 2.76. The highest BCUT2D eigenvalue weighted by molar-refractivity contribution is 8.00. The molecule has 0 spiro atoms. The minimum atomic E-state index is -0.446. The zero-order valence-electron chi connectivity index (χ0n) is 13.3. The van der Waals surface area contributed by atoms with Gasteiger partial charge in [-0.3, -0.25) is 10.1 Å². The van der Waals surface area contributed by atoms with Crippen LogP contribution in [0.1, 0.15) is 40.2 Å². The molecule has 2 N–H and O–H groups in total. The summed E-state index contributed by atoms with van der Waals surface area (Å²) >= 11 is 1.42. The van der Waals surface area contributed by atoms with Crippen LogP contribution in [0.3, 0.4) is 0 Å². The Kier molecular flexibility index (Phi) is 6.27. The summed E-state index contributed by atoms with van der Waals surface area (Å²) in [5, 5.41) is 4.92. The summed E-state index contributed by atoms with van der Waals surface area (Å²) in [5.41, 5.74) is 1.38. The third kappa shape index (κ3) is 6.67. The molecule has 4 nitrogen and oxygen atoms in total. The summed E-state index contributed by atoms with van der Waals surface area (Å²) < 4.78 is 0. The molecule has 0 aliphatic carbocycles. The van der Waals surface area contributed by atoms with Gasteiger partial charge in [-0.15, -0.1) is 11.8 Å². The summed E-state index contributed by atoms with van der Waals surface area (Å²) in [7, 11) is 0. The van der Waals surface area contributed by atoms with Crippen LogP contribution < -0.4 is 10.6 Å². The number of benzene rings is 1. The van der Waals surface area contributed by atoms with E-state index in [1.807, 2.05) is 26.0 Å². The topological polar surface area (TPSA) is 58.2 Å². The Hall–Kier alpha value is -1.49. The highest BCUT2D eigenvalue weighted by Crippen LogP contribution is 2.25. The number of amides is 3. The van der Waals surface area contributed by atoms with E-state index in [0.29, 0.717) is 0 Å². The van der Waals surface area contributed by atoms with Crippen LogP contribution in [0.4, 0.5) is 4.79 Å². The SMILES string of the molecule is CC(C)NC(=O)NC(=O)CSc1ccc(C(C)(C)C)cc1. The molecular weight excluding hydrogens is 284 g/mol. The summed E-state index contributed by atoms with van der Waals surface area (Å²) in [6.45, 7) is 10.2. The molecule has 0 atom stereocenters. The zero-order chi connectivity index (χ0) is 16.0. The van der Waals surface area contributed by atoms with Crippen LogP contribution in [0.25, 0.3) is 0 Å². The Morgan fingerprint density at radius 1 is 1.14 bits per heavy atom. The molecule has 0 aliphatic rings. The first kappa shape index (κ1) is 17.6. The Balaban J connectivity index is 2.45. The molecule has 21 heavy (non-hydrogen) atoms. The number of nitrogens with one attached hydrogen (secondary N) is 2. The molecular formula is C16H24N2O2S. The lowest BCUT2D eigenvalue weighted by molar-refractivity contribution is -0.117. The van der Waals surface area contributed by atoms with Crippen LogP contribution in [0.15, 0.2) is 29.2 Å². The van der Waals surface area contributed by atoms with Gasteiger partial charge in [-0.25, -0.2) is 4.79 Å². The van der Waals surface area contributed by atoms with Crippen molar-refractivity contribution in [1.82, 2.24) is 10.6 Å². The number of rotatable bonds is 4. The summed E-state index contributed by atoms with van der Waals surface area (Å²) in [5.74, 6) is -0.0709. The molecule has 116 valence electrons. The molecule has 0 radical (unpaired) electrons. The van der Waals surface area contributed by atoms with Crippen molar-refractivity contribution in [3.8, 4) is 0 Å². The molecule has 0 aromatic heterocycles. The fourth-order valence-electron chi connectivity index (χ4n) is 1.66. The molecule has 1 aromatic rings. The molecule has 0 aliphatic heterocycles. The molecule has 0 fully saturated rings. The van der Waals surface area contributed by atoms with E-state index in [0.717, 1.165) is 4.90 Å². The van der Waals surface area contributed by atoms with E-state index in [2.05, 4.69) is 43.5 Å². The van der Waals surface area contributed by atoms with E-state index in [-0.39, 0.29) is 23.1 Å². The number of thioether (sulfide) groups is 1. The Labute approximate surface area is 131 Å². The van der Waals surface area contributed by atoms with Gasteiger partial charge in [0.2, 0.25) is 5.91 Å². The Bertz CT molecular complexity index is 490. The van der Waals surface area contributed by atoms with Crippen molar-refractivity contribution in [3.05, 3.63) is 29.8 Å². The van der Waals surface area contributed by atoms with Gasteiger partial charge in [0.25, 0.3) is 0 Å². The molecule has 1 aromatic carbocycles. The van der Waals surface area contributed by atoms with E-state index in [4.69, 9.17) is 0 Å². The normalized spacial score (nSPS) is 11.3. The van der Waals surface area contributed by atoms with Crippen LogP contribution in [0.2, 0.25) is 0 Å². The second-order valence-electron chi connectivity index (χ2n) is 6.24. The second kappa shape index (κ2) is 7.50. The zero-order valence-corrected chi connectivity index (χ0v) is 14.1. The maximum absolute atomic E-state index is 11.6. The smallest absolute Gasteiger partial charge is 0.321 e. The van der Waals surface area contributed by atoms with Gasteiger partial charge >= 0.3 is 6.03 Å². The number of hydrogen-bond donors (Lipinski definition) is 2. The number of carbonyl (C=O) groups excluding carboxylic acids is 2. The molecule has 1 rings (SSSR count). The van der Waals surface area contributed by atoms with E-state index >= 15 is 0 Å². The first-order valence-corrected chi connectivity index (χ1v) is 8.00. The molecule has 5 heteroatoms. The minimum Gasteiger partial charge on any atom is -0.336 e. The first-order chi connectivity index (χ1) is 9.68. The molecule has 0 saturated carbocycles. The Morgan fingerprint density at radius 2 is 1.71 bits per heavy atom. The molecule has 0 unspecified atom stereocenters. The van der Waals surface area contributed by atoms with E-state index < -0.39 is 6.03 Å². The molecule has 0 bridgehead atoms. The van der Waals surface area contributed by atoms with Crippen LogP contribution >= 0.6 is 11.8 Å². The first-order valence-electron chi connectivity index (χ1n) is 7.02. The second-order valence-corrected chi connectivity index (χ2v) is 7.29. The number of urea groups is 1. The standard InChI is InChI=1S/C16H24N2O2S/c1-11(2)17-15(20)18-14(19)10-21-13-8-6-12(7-9-13)16(3,4)5/h6-9,11H,10H2,1-5H3,(H2,17,18,19,20). The maximum atomic E-state index is 11.6. The lowest BCUT2D eigenvalue weighted by Gasteiger charge is -2.19. The van der Waals surface area contributed by atoms with Crippen molar-refractivity contribution in [1.29, 1.82) is 0 Å². The molecule has 3 amide bonds. The van der Waals surface area contributed by atoms with Gasteiger partial charge in [0.05, 0.1) is 5.75 Å². The lowest BCUT2D eigenvalue weighted by Crippen LogP contribution is -2.43. The van der Waals surface area contributed by atoms with Crippen molar-refractivity contribution in [2.45, 2.75) is 51.0 Å². The third-order valence-corrected chi connectivity index (χ3v) is 3.78. The molecule has 0 heterocycles. The van der Waals surface area contributed by atoms with Gasteiger partial charge in [0.1, 0.15) is 0 Å². The fourth-order valence-corrected chi connectivity index (χ4v) is 2.36. The van der Waals surface area contributed by atoms with Crippen molar-refractivity contribution in [2.75, 3.05) is 5.75 Å². The van der Waals surface area contributed by atoms with Crippen molar-refractivity contribution in [2.24, 2.45) is 0 Å². The van der Waals surface area contributed by atoms with Crippen molar-refractivity contribution < 1.29 is 9.59 Å². The highest BCUT2D eigenvalue weighted by Gasteiger charge is 2.13. The summed E-state index contributed by atoms with van der Waals surface area (Å²) in [6, 6.07) is 7.73. The fraction of sp³-hybridized carbons (Fsp3) is 0.500. The quantitative estimate of drug-likeness (QED) is 0.839. The monoisotopic (exact) mass is 308 g/mol. The average molecular weight is 308 g/mol. The predicted molar refractivity (Wildman–Crippen MR) is 87.7 cm³/mol. The van der Waals surface area contributed by atoms with Crippen LogP contribution in [0, 0.1) is 0 Å². The summed E-state index contributed by atoms with van der Waals surface area (Å²) in [4.78, 5) is 24.0. The van der Waals surface area contributed by atoms with E-state index in [9.17, 15) is 9.59 Å². The largest absolute Gasteiger partial charge is 0.336 e. The van der Waals surface area contributed by atoms with Crippen LogP contribution in [-0.2, 0) is 10.2 Å². The van der Waals surface area contributed by atoms with Crippen molar-refractivity contribution >= 4 is 23.7 Å². The minimum absolute atomic E-state index is 0.00963. The summed E-state index contributed by atoms with van der Waals surface area (Å²) in [6.07, 6.45) is 0. The van der Waals surface area contributed by atoms with Gasteiger partial charge in [-0.05, 0) is 37.0 Å². The van der Waals surface area contributed by atoms with E-state index in [1.165, 1.54) is 17.3 Å². The van der Waals surface area contributed by atoms with Crippen molar-refractivity contribution in [3.63, 3.8) is 0 Å². The van der Waals surface area contributed by atoms with Gasteiger partial charge in [0.15, 0.2) is 0 Å². The lowest BCUT2D eigenvalue weighted by atomic mass is 9.87. The van der Waals surface area contributed by atoms with Gasteiger partial charge in [0, 0.05) is 10.9 Å².